The molecule has 0 atom stereocenters. The summed E-state index contributed by atoms with van der Waals surface area (Å²) >= 11 is 0. The number of anilines is 2. The molecule has 0 bridgehead atoms. The van der Waals surface area contributed by atoms with Gasteiger partial charge in [-0.3, -0.25) is 0 Å². The van der Waals surface area contributed by atoms with Crippen LogP contribution in [0, 0.1) is 5.82 Å². The lowest BCUT2D eigenvalue weighted by Gasteiger charge is -2.36. The number of ether oxygens (including phenoxy) is 1. The smallest absolute Gasteiger partial charge is 0.188 e. The molecule has 1 aliphatic heterocycles. The number of nitrogens with two attached hydrogens (primary N) is 1. The Bertz CT molecular complexity index is 806. The van der Waals surface area contributed by atoms with Crippen LogP contribution < -0.4 is 20.9 Å². The molecule has 1 saturated heterocycles. The number of aromatic nitrogens is 1. The van der Waals surface area contributed by atoms with Crippen molar-refractivity contribution in [2.75, 3.05) is 55.7 Å². The van der Waals surface area contributed by atoms with Gasteiger partial charge >= 0.3 is 0 Å². The number of pyridine rings is 1. The zero-order valence-electron chi connectivity index (χ0n) is 17.6. The van der Waals surface area contributed by atoms with E-state index in [1.807, 2.05) is 31.3 Å². The second-order valence-electron chi connectivity index (χ2n) is 7.15. The number of rotatable bonds is 9. The summed E-state index contributed by atoms with van der Waals surface area (Å²) in [7, 11) is 0. The van der Waals surface area contributed by atoms with Crippen molar-refractivity contribution >= 4 is 17.5 Å². The predicted octanol–water partition coefficient (Wildman–Crippen LogP) is 2.38. The molecule has 2 heterocycles. The summed E-state index contributed by atoms with van der Waals surface area (Å²) < 4.78 is 18.4. The van der Waals surface area contributed by atoms with E-state index < -0.39 is 0 Å². The highest BCUT2D eigenvalue weighted by molar-refractivity contribution is 5.77. The van der Waals surface area contributed by atoms with E-state index in [0.29, 0.717) is 12.5 Å². The second-order valence-corrected chi connectivity index (χ2v) is 7.15. The third-order valence-electron chi connectivity index (χ3n) is 5.01. The van der Waals surface area contributed by atoms with Gasteiger partial charge in [0.1, 0.15) is 11.6 Å². The molecule has 3 rings (SSSR count). The van der Waals surface area contributed by atoms with Crippen molar-refractivity contribution in [1.29, 1.82) is 0 Å². The van der Waals surface area contributed by atoms with E-state index in [2.05, 4.69) is 31.2 Å². The summed E-state index contributed by atoms with van der Waals surface area (Å²) in [4.78, 5) is 13.5. The SMILES string of the molecule is CCOCCCNC(N)=NCc1ccnc(N2CCN(c3ccc(F)cc3)CC2)c1. The van der Waals surface area contributed by atoms with E-state index in [1.54, 1.807) is 0 Å². The zero-order chi connectivity index (χ0) is 21.2. The molecule has 1 aromatic heterocycles. The van der Waals surface area contributed by atoms with Gasteiger partial charge in [0, 0.05) is 57.8 Å². The summed E-state index contributed by atoms with van der Waals surface area (Å²) in [5.41, 5.74) is 8.06. The Labute approximate surface area is 177 Å². The molecule has 0 radical (unpaired) electrons. The maximum Gasteiger partial charge on any atom is 0.188 e. The number of hydrogen-bond donors (Lipinski definition) is 2. The van der Waals surface area contributed by atoms with E-state index in [-0.39, 0.29) is 5.82 Å². The molecule has 2 aromatic rings. The third kappa shape index (κ3) is 6.59. The van der Waals surface area contributed by atoms with E-state index in [0.717, 1.165) is 69.4 Å². The fourth-order valence-corrected chi connectivity index (χ4v) is 3.34. The fraction of sp³-hybridized carbons (Fsp3) is 0.455. The van der Waals surface area contributed by atoms with Gasteiger partial charge in [0.05, 0.1) is 6.54 Å². The van der Waals surface area contributed by atoms with Crippen molar-refractivity contribution in [3.05, 3.63) is 54.0 Å². The first-order chi connectivity index (χ1) is 14.7. The van der Waals surface area contributed by atoms with Gasteiger partial charge in [0.25, 0.3) is 0 Å². The Kier molecular flexibility index (Phi) is 8.26. The number of aliphatic imine (C=N–C) groups is 1. The minimum atomic E-state index is -0.206. The third-order valence-corrected chi connectivity index (χ3v) is 5.01. The molecule has 30 heavy (non-hydrogen) atoms. The monoisotopic (exact) mass is 414 g/mol. The van der Waals surface area contributed by atoms with Crippen molar-refractivity contribution in [2.45, 2.75) is 19.9 Å². The van der Waals surface area contributed by atoms with E-state index in [4.69, 9.17) is 10.5 Å². The molecule has 0 saturated carbocycles. The van der Waals surface area contributed by atoms with E-state index >= 15 is 0 Å². The van der Waals surface area contributed by atoms with Crippen LogP contribution in [0.25, 0.3) is 0 Å². The van der Waals surface area contributed by atoms with Gasteiger partial charge < -0.3 is 25.6 Å². The standard InChI is InChI=1S/C22H31FN6O/c1-2-30-15-3-9-26-22(24)27-17-18-8-10-25-21(16-18)29-13-11-28(12-14-29)20-6-4-19(23)5-7-20/h4-8,10,16H,2-3,9,11-15,17H2,1H3,(H3,24,26,27). The van der Waals surface area contributed by atoms with Gasteiger partial charge in [-0.15, -0.1) is 0 Å². The highest BCUT2D eigenvalue weighted by Crippen LogP contribution is 2.20. The Morgan fingerprint density at radius 1 is 1.17 bits per heavy atom. The average molecular weight is 415 g/mol. The van der Waals surface area contributed by atoms with E-state index in [1.165, 1.54) is 12.1 Å². The molecule has 1 aromatic carbocycles. The van der Waals surface area contributed by atoms with Gasteiger partial charge in [-0.05, 0) is 55.3 Å². The van der Waals surface area contributed by atoms with Gasteiger partial charge in [0.2, 0.25) is 0 Å². The Morgan fingerprint density at radius 3 is 2.63 bits per heavy atom. The molecule has 8 heteroatoms. The van der Waals surface area contributed by atoms with Crippen molar-refractivity contribution in [2.24, 2.45) is 10.7 Å². The quantitative estimate of drug-likeness (QED) is 0.373. The van der Waals surface area contributed by atoms with Gasteiger partial charge in [-0.25, -0.2) is 14.4 Å². The first kappa shape index (κ1) is 21.8. The predicted molar refractivity (Wildman–Crippen MR) is 120 cm³/mol. The van der Waals surface area contributed by atoms with Crippen LogP contribution in [0.2, 0.25) is 0 Å². The first-order valence-electron chi connectivity index (χ1n) is 10.5. The van der Waals surface area contributed by atoms with Gasteiger partial charge in [-0.2, -0.15) is 0 Å². The lowest BCUT2D eigenvalue weighted by molar-refractivity contribution is 0.145. The number of hydrogen-bond acceptors (Lipinski definition) is 5. The summed E-state index contributed by atoms with van der Waals surface area (Å²) in [6.45, 7) is 8.15. The van der Waals surface area contributed by atoms with E-state index in [9.17, 15) is 4.39 Å². The Hall–Kier alpha value is -2.87. The lowest BCUT2D eigenvalue weighted by atomic mass is 10.2. The highest BCUT2D eigenvalue weighted by Gasteiger charge is 2.18. The Balaban J connectivity index is 1.48. The van der Waals surface area contributed by atoms with Crippen molar-refractivity contribution < 1.29 is 9.13 Å². The van der Waals surface area contributed by atoms with Crippen molar-refractivity contribution in [3.63, 3.8) is 0 Å². The summed E-state index contributed by atoms with van der Waals surface area (Å²) in [6.07, 6.45) is 2.71. The maximum absolute atomic E-state index is 13.1. The van der Waals surface area contributed by atoms with Crippen LogP contribution in [0.5, 0.6) is 0 Å². The molecular weight excluding hydrogens is 383 g/mol. The molecule has 7 nitrogen and oxygen atoms in total. The fourth-order valence-electron chi connectivity index (χ4n) is 3.34. The molecule has 0 unspecified atom stereocenters. The number of piperazine rings is 1. The lowest BCUT2D eigenvalue weighted by Crippen LogP contribution is -2.46. The molecule has 162 valence electrons. The van der Waals surface area contributed by atoms with Crippen molar-refractivity contribution in [1.82, 2.24) is 10.3 Å². The van der Waals surface area contributed by atoms with Crippen LogP contribution in [-0.4, -0.2) is 56.9 Å². The second kappa shape index (κ2) is 11.3. The summed E-state index contributed by atoms with van der Waals surface area (Å²) in [5, 5.41) is 3.11. The van der Waals surface area contributed by atoms with Crippen LogP contribution in [0.15, 0.2) is 47.6 Å². The number of nitrogens with zero attached hydrogens (tertiary/aromatic N) is 4. The molecule has 0 spiro atoms. The molecule has 0 aliphatic carbocycles. The molecular formula is C22H31FN6O. The van der Waals surface area contributed by atoms with Crippen LogP contribution in [0.1, 0.15) is 18.9 Å². The number of benzene rings is 1. The highest BCUT2D eigenvalue weighted by atomic mass is 19.1. The molecule has 0 amide bonds. The zero-order valence-corrected chi connectivity index (χ0v) is 17.6. The number of nitrogens with one attached hydrogen (secondary N) is 1. The van der Waals surface area contributed by atoms with Crippen molar-refractivity contribution in [3.8, 4) is 0 Å². The Morgan fingerprint density at radius 2 is 1.90 bits per heavy atom. The largest absolute Gasteiger partial charge is 0.382 e. The first-order valence-corrected chi connectivity index (χ1v) is 10.5. The minimum Gasteiger partial charge on any atom is -0.382 e. The number of halogens is 1. The van der Waals surface area contributed by atoms with Crippen LogP contribution in [0.3, 0.4) is 0 Å². The van der Waals surface area contributed by atoms with Crippen LogP contribution in [0.4, 0.5) is 15.9 Å². The minimum absolute atomic E-state index is 0.206. The van der Waals surface area contributed by atoms with Crippen LogP contribution >= 0.6 is 0 Å². The topological polar surface area (TPSA) is 79.0 Å². The van der Waals surface area contributed by atoms with Gasteiger partial charge in [0.15, 0.2) is 5.96 Å². The molecule has 1 aliphatic rings. The number of guanidine groups is 1. The summed E-state index contributed by atoms with van der Waals surface area (Å²) in [6, 6.07) is 10.7. The molecule has 3 N–H and O–H groups in total. The van der Waals surface area contributed by atoms with Gasteiger partial charge in [-0.1, -0.05) is 0 Å². The van der Waals surface area contributed by atoms with Crippen LogP contribution in [-0.2, 0) is 11.3 Å². The maximum atomic E-state index is 13.1. The average Bonchev–Trinajstić information content (AvgIpc) is 2.78. The normalized spacial score (nSPS) is 14.8. The summed E-state index contributed by atoms with van der Waals surface area (Å²) in [5.74, 6) is 1.19. The molecule has 1 fully saturated rings.